The van der Waals surface area contributed by atoms with Crippen LogP contribution in [-0.4, -0.2) is 48.1 Å². The Balaban J connectivity index is 2.20. The van der Waals surface area contributed by atoms with Crippen LogP contribution in [0.3, 0.4) is 0 Å². The van der Waals surface area contributed by atoms with Crippen molar-refractivity contribution < 1.29 is 13.9 Å². The second-order valence-electron chi connectivity index (χ2n) is 5.04. The highest BCUT2D eigenvalue weighted by Crippen LogP contribution is 2.26. The van der Waals surface area contributed by atoms with Crippen LogP contribution in [0.25, 0.3) is 0 Å². The van der Waals surface area contributed by atoms with Crippen LogP contribution in [0.2, 0.25) is 0 Å². The molecule has 1 aromatic rings. The van der Waals surface area contributed by atoms with E-state index < -0.39 is 0 Å². The van der Waals surface area contributed by atoms with Gasteiger partial charge in [-0.25, -0.2) is 4.39 Å². The molecular weight excluding hydrogens is 273 g/mol. The maximum atomic E-state index is 13.0. The molecular formula is C15H22FN3O2. The number of nitrogens with zero attached hydrogens (tertiary/aromatic N) is 2. The summed E-state index contributed by atoms with van der Waals surface area (Å²) in [5.74, 6) is -0.568. The molecule has 1 N–H and O–H groups in total. The first-order valence-electron chi connectivity index (χ1n) is 7.41. The van der Waals surface area contributed by atoms with Crippen LogP contribution >= 0.6 is 0 Å². The van der Waals surface area contributed by atoms with E-state index in [-0.39, 0.29) is 23.9 Å². The number of carbonyl (C=O) groups is 1. The molecule has 1 aromatic heterocycles. The van der Waals surface area contributed by atoms with E-state index in [2.05, 4.69) is 15.2 Å². The maximum Gasteiger partial charge on any atom is 0.324 e. The molecule has 0 amide bonds. The van der Waals surface area contributed by atoms with Crippen molar-refractivity contribution in [1.82, 2.24) is 15.2 Å². The third-order valence-electron chi connectivity index (χ3n) is 3.72. The average Bonchev–Trinajstić information content (AvgIpc) is 2.50. The van der Waals surface area contributed by atoms with Gasteiger partial charge in [-0.15, -0.1) is 0 Å². The number of esters is 1. The Morgan fingerprint density at radius 3 is 3.00 bits per heavy atom. The van der Waals surface area contributed by atoms with Crippen LogP contribution in [0.4, 0.5) is 4.39 Å². The molecule has 2 unspecified atom stereocenters. The minimum Gasteiger partial charge on any atom is -0.465 e. The first-order valence-corrected chi connectivity index (χ1v) is 7.41. The van der Waals surface area contributed by atoms with Crippen molar-refractivity contribution in [2.24, 2.45) is 0 Å². The summed E-state index contributed by atoms with van der Waals surface area (Å²) >= 11 is 0. The molecule has 5 nitrogen and oxygen atoms in total. The van der Waals surface area contributed by atoms with Gasteiger partial charge in [-0.3, -0.25) is 14.7 Å². The number of ether oxygens (including phenoxy) is 1. The number of aromatic nitrogens is 1. The quantitative estimate of drug-likeness (QED) is 0.835. The Labute approximate surface area is 124 Å². The molecule has 21 heavy (non-hydrogen) atoms. The summed E-state index contributed by atoms with van der Waals surface area (Å²) in [6.07, 6.45) is 2.02. The van der Waals surface area contributed by atoms with Gasteiger partial charge in [0.25, 0.3) is 0 Å². The SMILES string of the molecule is CCOC(=O)C1CNCCN1C(CC)c1ccc(F)cn1. The Morgan fingerprint density at radius 1 is 1.57 bits per heavy atom. The summed E-state index contributed by atoms with van der Waals surface area (Å²) in [7, 11) is 0. The van der Waals surface area contributed by atoms with E-state index in [1.54, 1.807) is 13.0 Å². The molecule has 6 heteroatoms. The van der Waals surface area contributed by atoms with Crippen molar-refractivity contribution in [2.45, 2.75) is 32.4 Å². The lowest BCUT2D eigenvalue weighted by Crippen LogP contribution is -2.56. The highest BCUT2D eigenvalue weighted by atomic mass is 19.1. The van der Waals surface area contributed by atoms with E-state index in [1.165, 1.54) is 12.3 Å². The lowest BCUT2D eigenvalue weighted by Gasteiger charge is -2.39. The van der Waals surface area contributed by atoms with Gasteiger partial charge in [0.2, 0.25) is 0 Å². The Bertz CT molecular complexity index is 466. The predicted molar refractivity (Wildman–Crippen MR) is 77.2 cm³/mol. The van der Waals surface area contributed by atoms with E-state index >= 15 is 0 Å². The summed E-state index contributed by atoms with van der Waals surface area (Å²) in [5, 5.41) is 3.22. The van der Waals surface area contributed by atoms with Gasteiger partial charge in [0.1, 0.15) is 11.9 Å². The molecule has 1 aliphatic heterocycles. The Hall–Kier alpha value is -1.53. The van der Waals surface area contributed by atoms with Crippen molar-refractivity contribution in [1.29, 1.82) is 0 Å². The largest absolute Gasteiger partial charge is 0.465 e. The molecule has 2 atom stereocenters. The number of hydrogen-bond donors (Lipinski definition) is 1. The average molecular weight is 295 g/mol. The van der Waals surface area contributed by atoms with Gasteiger partial charge in [-0.1, -0.05) is 6.92 Å². The van der Waals surface area contributed by atoms with Crippen LogP contribution in [-0.2, 0) is 9.53 Å². The topological polar surface area (TPSA) is 54.5 Å². The van der Waals surface area contributed by atoms with Crippen LogP contribution in [0.15, 0.2) is 18.3 Å². The fraction of sp³-hybridized carbons (Fsp3) is 0.600. The zero-order chi connectivity index (χ0) is 15.2. The van der Waals surface area contributed by atoms with Crippen molar-refractivity contribution in [2.75, 3.05) is 26.2 Å². The second-order valence-corrected chi connectivity index (χ2v) is 5.04. The zero-order valence-corrected chi connectivity index (χ0v) is 12.5. The number of nitrogens with one attached hydrogen (secondary N) is 1. The first kappa shape index (κ1) is 15.9. The maximum absolute atomic E-state index is 13.0. The third-order valence-corrected chi connectivity index (χ3v) is 3.72. The smallest absolute Gasteiger partial charge is 0.324 e. The molecule has 0 aliphatic carbocycles. The number of hydrogen-bond acceptors (Lipinski definition) is 5. The van der Waals surface area contributed by atoms with Gasteiger partial charge in [0.15, 0.2) is 0 Å². The van der Waals surface area contributed by atoms with Crippen molar-refractivity contribution in [3.8, 4) is 0 Å². The van der Waals surface area contributed by atoms with Crippen molar-refractivity contribution in [3.05, 3.63) is 29.8 Å². The summed E-state index contributed by atoms with van der Waals surface area (Å²) < 4.78 is 18.2. The first-order chi connectivity index (χ1) is 10.2. The van der Waals surface area contributed by atoms with Crippen molar-refractivity contribution in [3.63, 3.8) is 0 Å². The van der Waals surface area contributed by atoms with E-state index in [1.807, 2.05) is 6.92 Å². The Kier molecular flexibility index (Phi) is 5.64. The molecule has 0 saturated carbocycles. The zero-order valence-electron chi connectivity index (χ0n) is 12.5. The van der Waals surface area contributed by atoms with Gasteiger partial charge in [-0.05, 0) is 25.5 Å². The van der Waals surface area contributed by atoms with Gasteiger partial charge >= 0.3 is 5.97 Å². The highest BCUT2D eigenvalue weighted by molar-refractivity contribution is 5.76. The van der Waals surface area contributed by atoms with Crippen LogP contribution in [0, 0.1) is 5.82 Å². The van der Waals surface area contributed by atoms with Crippen molar-refractivity contribution >= 4 is 5.97 Å². The molecule has 1 aliphatic rings. The minimum absolute atomic E-state index is 0.0119. The standard InChI is InChI=1S/C15H22FN3O2/c1-3-13(12-6-5-11(16)9-18-12)19-8-7-17-10-14(19)15(20)21-4-2/h5-6,9,13-14,17H,3-4,7-8,10H2,1-2H3. The predicted octanol–water partition coefficient (Wildman–Crippen LogP) is 1.51. The number of piperazine rings is 1. The third kappa shape index (κ3) is 3.77. The second kappa shape index (κ2) is 7.47. The minimum atomic E-state index is -0.351. The molecule has 1 fully saturated rings. The van der Waals surface area contributed by atoms with Gasteiger partial charge < -0.3 is 10.1 Å². The molecule has 0 radical (unpaired) electrons. The normalized spacial score (nSPS) is 21.0. The van der Waals surface area contributed by atoms with Gasteiger partial charge in [-0.2, -0.15) is 0 Å². The monoisotopic (exact) mass is 295 g/mol. The lowest BCUT2D eigenvalue weighted by molar-refractivity contribution is -0.151. The summed E-state index contributed by atoms with van der Waals surface area (Å²) in [5.41, 5.74) is 0.787. The summed E-state index contributed by atoms with van der Waals surface area (Å²) in [6.45, 7) is 6.33. The number of carbonyl (C=O) groups excluding carboxylic acids is 1. The fourth-order valence-corrected chi connectivity index (χ4v) is 2.75. The molecule has 1 saturated heterocycles. The fourth-order valence-electron chi connectivity index (χ4n) is 2.75. The van der Waals surface area contributed by atoms with Crippen LogP contribution < -0.4 is 5.32 Å². The van der Waals surface area contributed by atoms with E-state index in [4.69, 9.17) is 4.74 Å². The van der Waals surface area contributed by atoms with Crippen LogP contribution in [0.5, 0.6) is 0 Å². The summed E-state index contributed by atoms with van der Waals surface area (Å²) in [4.78, 5) is 18.4. The number of halogens is 1. The Morgan fingerprint density at radius 2 is 2.38 bits per heavy atom. The molecule has 0 aromatic carbocycles. The van der Waals surface area contributed by atoms with E-state index in [0.717, 1.165) is 25.2 Å². The summed E-state index contributed by atoms with van der Waals surface area (Å²) in [6, 6.07) is 2.76. The number of pyridine rings is 1. The molecule has 2 heterocycles. The molecule has 2 rings (SSSR count). The molecule has 0 bridgehead atoms. The van der Waals surface area contributed by atoms with Gasteiger partial charge in [0.05, 0.1) is 24.5 Å². The van der Waals surface area contributed by atoms with Crippen LogP contribution in [0.1, 0.15) is 32.0 Å². The lowest BCUT2D eigenvalue weighted by atomic mass is 10.0. The molecule has 116 valence electrons. The number of rotatable bonds is 5. The van der Waals surface area contributed by atoms with E-state index in [9.17, 15) is 9.18 Å². The van der Waals surface area contributed by atoms with E-state index in [0.29, 0.717) is 13.2 Å². The van der Waals surface area contributed by atoms with Gasteiger partial charge in [0, 0.05) is 19.6 Å². The molecule has 0 spiro atoms. The highest BCUT2D eigenvalue weighted by Gasteiger charge is 2.34.